The number of thiazole rings is 1. The van der Waals surface area contributed by atoms with Gasteiger partial charge in [-0.1, -0.05) is 38.8 Å². The third-order valence-corrected chi connectivity index (χ3v) is 11.3. The quantitative estimate of drug-likeness (QED) is 0.0800. The molecular formula is C43H57N5O8S. The van der Waals surface area contributed by atoms with Gasteiger partial charge >= 0.3 is 12.1 Å². The molecule has 1 saturated carbocycles. The zero-order valence-corrected chi connectivity index (χ0v) is 35.3. The maximum atomic E-state index is 14.7. The van der Waals surface area contributed by atoms with Crippen molar-refractivity contribution >= 4 is 46.1 Å². The van der Waals surface area contributed by atoms with Crippen LogP contribution in [0.2, 0.25) is 0 Å². The Hall–Kier alpha value is -4.98. The van der Waals surface area contributed by atoms with E-state index in [4.69, 9.17) is 28.9 Å². The highest BCUT2D eigenvalue weighted by atomic mass is 32.1. The molecule has 1 aliphatic heterocycles. The van der Waals surface area contributed by atoms with Crippen LogP contribution < -0.4 is 20.1 Å². The number of unbranched alkanes of at least 4 members (excludes halogenated alkanes) is 3. The zero-order valence-electron chi connectivity index (χ0n) is 34.4. The fourth-order valence-electron chi connectivity index (χ4n) is 7.24. The summed E-state index contributed by atoms with van der Waals surface area (Å²) in [4.78, 5) is 66.4. The Morgan fingerprint density at radius 2 is 1.84 bits per heavy atom. The number of carbonyl (C=O) groups excluding carboxylic acids is 4. The highest BCUT2D eigenvalue weighted by Crippen LogP contribution is 2.46. The van der Waals surface area contributed by atoms with Crippen molar-refractivity contribution in [3.05, 3.63) is 60.1 Å². The van der Waals surface area contributed by atoms with Crippen molar-refractivity contribution in [2.45, 2.75) is 122 Å². The van der Waals surface area contributed by atoms with Crippen molar-refractivity contribution in [3.63, 3.8) is 0 Å². The van der Waals surface area contributed by atoms with Crippen molar-refractivity contribution in [3.8, 4) is 22.2 Å². The average Bonchev–Trinajstić information content (AvgIpc) is 3.45. The van der Waals surface area contributed by atoms with Gasteiger partial charge in [0.15, 0.2) is 0 Å². The predicted molar refractivity (Wildman–Crippen MR) is 220 cm³/mol. The number of methoxy groups -OCH3 is 2. The fourth-order valence-corrected chi connectivity index (χ4v) is 8.18. The lowest BCUT2D eigenvalue weighted by Gasteiger charge is -2.30. The first kappa shape index (κ1) is 43.1. The number of likely N-dealkylation sites (tertiary alicyclic amines) is 1. The molecule has 0 spiro atoms. The minimum absolute atomic E-state index is 0.0268. The van der Waals surface area contributed by atoms with E-state index < -0.39 is 53.2 Å². The monoisotopic (exact) mass is 803 g/mol. The first-order valence-electron chi connectivity index (χ1n) is 19.6. The number of ether oxygens (including phenoxy) is 4. The summed E-state index contributed by atoms with van der Waals surface area (Å²) in [5.74, 6) is -0.495. The summed E-state index contributed by atoms with van der Waals surface area (Å²) in [5, 5.41) is 9.18. The number of allylic oxidation sites excluding steroid dienone is 1. The lowest BCUT2D eigenvalue weighted by molar-refractivity contribution is -0.148. The van der Waals surface area contributed by atoms with Gasteiger partial charge in [0.1, 0.15) is 51.5 Å². The van der Waals surface area contributed by atoms with E-state index in [0.29, 0.717) is 42.0 Å². The lowest BCUT2D eigenvalue weighted by atomic mass is 10.0. The summed E-state index contributed by atoms with van der Waals surface area (Å²) in [6.45, 7) is 19.0. The number of alkyl carbamates (subject to hydrolysis) is 1. The summed E-state index contributed by atoms with van der Waals surface area (Å²) in [5.41, 5.74) is 0.986. The molecule has 308 valence electrons. The number of benzene rings is 1. The van der Waals surface area contributed by atoms with Gasteiger partial charge in [0.25, 0.3) is 0 Å². The number of amides is 3. The van der Waals surface area contributed by atoms with Crippen LogP contribution in [0, 0.1) is 12.8 Å². The van der Waals surface area contributed by atoms with Crippen molar-refractivity contribution < 1.29 is 38.1 Å². The maximum Gasteiger partial charge on any atom is 0.408 e. The molecule has 3 aromatic rings. The smallest absolute Gasteiger partial charge is 0.408 e. The van der Waals surface area contributed by atoms with E-state index in [2.05, 4.69) is 37.6 Å². The summed E-state index contributed by atoms with van der Waals surface area (Å²) < 4.78 is 23.1. The molecule has 14 heteroatoms. The minimum Gasteiger partial charge on any atom is -0.496 e. The first-order valence-corrected chi connectivity index (χ1v) is 20.5. The van der Waals surface area contributed by atoms with Gasteiger partial charge in [-0.25, -0.2) is 19.6 Å². The molecule has 0 radical (unpaired) electrons. The molecule has 2 aliphatic rings. The van der Waals surface area contributed by atoms with Crippen LogP contribution in [0.3, 0.4) is 0 Å². The fraction of sp³-hybridized carbons (Fsp3) is 0.535. The van der Waals surface area contributed by atoms with Crippen LogP contribution in [0.5, 0.6) is 11.5 Å². The van der Waals surface area contributed by atoms with Crippen LogP contribution in [0.4, 0.5) is 4.79 Å². The van der Waals surface area contributed by atoms with Gasteiger partial charge in [-0.3, -0.25) is 9.59 Å². The molecule has 1 aromatic carbocycles. The second-order valence-electron chi connectivity index (χ2n) is 16.1. The van der Waals surface area contributed by atoms with E-state index in [1.54, 1.807) is 34.0 Å². The number of aryl methyl sites for hydroxylation is 1. The Labute approximate surface area is 339 Å². The largest absolute Gasteiger partial charge is 0.496 e. The summed E-state index contributed by atoms with van der Waals surface area (Å²) in [6.07, 6.45) is 5.99. The molecule has 13 nitrogen and oxygen atoms in total. The number of nitrogens with one attached hydrogen (secondary N) is 2. The molecule has 3 amide bonds. The van der Waals surface area contributed by atoms with E-state index in [-0.39, 0.29) is 24.8 Å². The number of aromatic nitrogens is 2. The normalized spacial score (nSPS) is 20.8. The molecule has 5 atom stereocenters. The van der Waals surface area contributed by atoms with Gasteiger partial charge in [-0.15, -0.1) is 24.5 Å². The Morgan fingerprint density at radius 1 is 1.09 bits per heavy atom. The molecule has 57 heavy (non-hydrogen) atoms. The van der Waals surface area contributed by atoms with Gasteiger partial charge < -0.3 is 34.5 Å². The molecule has 1 unspecified atom stereocenters. The van der Waals surface area contributed by atoms with Gasteiger partial charge in [0.05, 0.1) is 32.0 Å². The van der Waals surface area contributed by atoms with Crippen molar-refractivity contribution in [1.82, 2.24) is 25.5 Å². The number of pyridine rings is 1. The Balaban J connectivity index is 1.52. The number of fused-ring (bicyclic) bond motifs is 1. The van der Waals surface area contributed by atoms with E-state index >= 15 is 0 Å². The van der Waals surface area contributed by atoms with Gasteiger partial charge in [0.2, 0.25) is 11.8 Å². The van der Waals surface area contributed by atoms with Crippen molar-refractivity contribution in [1.29, 1.82) is 0 Å². The topological polar surface area (TPSA) is 158 Å². The molecule has 2 fully saturated rings. The van der Waals surface area contributed by atoms with E-state index in [1.165, 1.54) is 23.3 Å². The third kappa shape index (κ3) is 9.95. The molecule has 1 saturated heterocycles. The molecule has 1 aliphatic carbocycles. The zero-order chi connectivity index (χ0) is 41.7. The molecular weight excluding hydrogens is 747 g/mol. The SMILES string of the molecule is C=CCCCCC[C@H](NC(=O)OC(C)(C)C)C(=O)N1CC(Oc2cc(-c3nc(C(C)C)cs3)nc3c(C)c(OC)ccc23)C[C@H]1C(=O)N[C@]1(C(=O)OC)C[C@H]1C=C. The highest BCUT2D eigenvalue weighted by molar-refractivity contribution is 7.13. The predicted octanol–water partition coefficient (Wildman–Crippen LogP) is 7.41. The Bertz CT molecular complexity index is 1990. The van der Waals surface area contributed by atoms with Crippen LogP contribution in [-0.4, -0.2) is 88.8 Å². The number of hydrogen-bond donors (Lipinski definition) is 2. The number of esters is 1. The van der Waals surface area contributed by atoms with Crippen LogP contribution >= 0.6 is 11.3 Å². The summed E-state index contributed by atoms with van der Waals surface area (Å²) >= 11 is 1.49. The number of hydrogen-bond acceptors (Lipinski definition) is 11. The molecule has 5 rings (SSSR count). The standard InChI is InChI=1S/C43H57N5O8S/c1-11-13-14-15-16-17-30(46-41(52)56-42(6,7)8)39(50)48-23-28(20-33(48)37(49)47-43(40(51)54-10)22-27(43)12-2)55-35-21-31(38-45-32(24-57-38)25(3)4)44-36-26(5)34(53-9)19-18-29(35)36/h11-12,18-19,21,24-25,27-28,30,33H,1-2,13-17,20,22-23H2,3-10H3,(H,46,52)(H,47,49)/t27-,28?,30+,33+,43-/m1/s1. The van der Waals surface area contributed by atoms with E-state index in [1.807, 2.05) is 36.6 Å². The Kier molecular flexibility index (Phi) is 13.7. The second kappa shape index (κ2) is 18.1. The van der Waals surface area contributed by atoms with E-state index in [0.717, 1.165) is 40.9 Å². The van der Waals surface area contributed by atoms with E-state index in [9.17, 15) is 19.2 Å². The number of carbonyl (C=O) groups is 4. The Morgan fingerprint density at radius 3 is 2.46 bits per heavy atom. The molecule has 2 N–H and O–H groups in total. The van der Waals surface area contributed by atoms with Crippen molar-refractivity contribution in [2.24, 2.45) is 5.92 Å². The maximum absolute atomic E-state index is 14.7. The van der Waals surface area contributed by atoms with Crippen LogP contribution in [-0.2, 0) is 23.9 Å². The van der Waals surface area contributed by atoms with Crippen LogP contribution in [0.25, 0.3) is 21.6 Å². The van der Waals surface area contributed by atoms with Crippen LogP contribution in [0.1, 0.15) is 96.7 Å². The van der Waals surface area contributed by atoms with Gasteiger partial charge in [0, 0.05) is 34.7 Å². The lowest BCUT2D eigenvalue weighted by Crippen LogP contribution is -2.56. The summed E-state index contributed by atoms with van der Waals surface area (Å²) in [7, 11) is 2.88. The third-order valence-electron chi connectivity index (χ3n) is 10.4. The molecule has 2 aromatic heterocycles. The van der Waals surface area contributed by atoms with Gasteiger partial charge in [-0.05, 0) is 71.4 Å². The molecule has 3 heterocycles. The summed E-state index contributed by atoms with van der Waals surface area (Å²) in [6, 6.07) is 3.55. The average molecular weight is 804 g/mol. The second-order valence-corrected chi connectivity index (χ2v) is 17.0. The van der Waals surface area contributed by atoms with Crippen molar-refractivity contribution in [2.75, 3.05) is 20.8 Å². The number of rotatable bonds is 17. The number of nitrogens with zero attached hydrogens (tertiary/aromatic N) is 3. The first-order chi connectivity index (χ1) is 27.0. The van der Waals surface area contributed by atoms with Crippen LogP contribution in [0.15, 0.2) is 48.9 Å². The minimum atomic E-state index is -1.28. The molecule has 0 bridgehead atoms. The van der Waals surface area contributed by atoms with Gasteiger partial charge in [-0.2, -0.15) is 0 Å². The highest BCUT2D eigenvalue weighted by Gasteiger charge is 2.62.